The van der Waals surface area contributed by atoms with Crippen molar-refractivity contribution >= 4 is 17.5 Å². The van der Waals surface area contributed by atoms with E-state index in [-0.39, 0.29) is 11.7 Å². The maximum atomic E-state index is 14.0. The van der Waals surface area contributed by atoms with E-state index in [0.29, 0.717) is 38.4 Å². The standard InChI is InChI=1S/C20H25FN6O/c21-17-4-1-2-5-18(17)25-12-14-26(15-13-25)19(28)16-24-8-10-27(11-9-24)20-22-6-3-7-23-20/h1-7H,8-16H2/p+1. The first kappa shape index (κ1) is 18.6. The van der Waals surface area contributed by atoms with Crippen LogP contribution in [0.2, 0.25) is 0 Å². The summed E-state index contributed by atoms with van der Waals surface area (Å²) in [5.41, 5.74) is 0.625. The average Bonchev–Trinajstić information content (AvgIpc) is 2.75. The molecule has 0 saturated carbocycles. The maximum absolute atomic E-state index is 14.0. The van der Waals surface area contributed by atoms with Crippen molar-refractivity contribution in [1.82, 2.24) is 14.9 Å². The molecule has 1 N–H and O–H groups in total. The molecular weight excluding hydrogens is 359 g/mol. The number of anilines is 2. The van der Waals surface area contributed by atoms with Crippen molar-refractivity contribution in [3.05, 3.63) is 48.5 Å². The molecule has 148 valence electrons. The summed E-state index contributed by atoms with van der Waals surface area (Å²) in [6.45, 7) is 6.65. The van der Waals surface area contributed by atoms with Gasteiger partial charge in [-0.25, -0.2) is 14.4 Å². The van der Waals surface area contributed by atoms with Crippen LogP contribution in [0.25, 0.3) is 0 Å². The lowest BCUT2D eigenvalue weighted by atomic mass is 10.2. The molecule has 2 aliphatic rings. The minimum atomic E-state index is -0.202. The second-order valence-electron chi connectivity index (χ2n) is 7.28. The first-order chi connectivity index (χ1) is 13.7. The minimum Gasteiger partial charge on any atom is -0.366 e. The van der Waals surface area contributed by atoms with E-state index < -0.39 is 0 Å². The third-order valence-corrected chi connectivity index (χ3v) is 5.53. The average molecular weight is 385 g/mol. The van der Waals surface area contributed by atoms with Crippen LogP contribution in [0.3, 0.4) is 0 Å². The molecule has 0 spiro atoms. The van der Waals surface area contributed by atoms with Crippen molar-refractivity contribution in [1.29, 1.82) is 0 Å². The number of nitrogens with one attached hydrogen (secondary N) is 1. The van der Waals surface area contributed by atoms with Gasteiger partial charge in [0.25, 0.3) is 5.91 Å². The fourth-order valence-electron chi connectivity index (χ4n) is 3.88. The summed E-state index contributed by atoms with van der Waals surface area (Å²) >= 11 is 0. The van der Waals surface area contributed by atoms with Gasteiger partial charge in [-0.2, -0.15) is 0 Å². The van der Waals surface area contributed by atoms with E-state index in [0.717, 1.165) is 32.1 Å². The van der Waals surface area contributed by atoms with Crippen molar-refractivity contribution in [2.75, 3.05) is 68.7 Å². The first-order valence-electron chi connectivity index (χ1n) is 9.83. The zero-order valence-corrected chi connectivity index (χ0v) is 15.9. The normalized spacial score (nSPS) is 18.4. The highest BCUT2D eigenvalue weighted by molar-refractivity contribution is 5.77. The van der Waals surface area contributed by atoms with E-state index in [1.165, 1.54) is 11.0 Å². The zero-order chi connectivity index (χ0) is 19.3. The van der Waals surface area contributed by atoms with Gasteiger partial charge in [0.05, 0.1) is 31.9 Å². The second-order valence-corrected chi connectivity index (χ2v) is 7.28. The van der Waals surface area contributed by atoms with Crippen LogP contribution in [0, 0.1) is 5.82 Å². The molecule has 3 heterocycles. The smallest absolute Gasteiger partial charge is 0.277 e. The molecule has 2 saturated heterocycles. The fourth-order valence-corrected chi connectivity index (χ4v) is 3.88. The Balaban J connectivity index is 1.24. The molecule has 1 aromatic heterocycles. The molecule has 1 aromatic carbocycles. The van der Waals surface area contributed by atoms with Gasteiger partial charge < -0.3 is 19.6 Å². The van der Waals surface area contributed by atoms with Crippen LogP contribution in [0.4, 0.5) is 16.0 Å². The van der Waals surface area contributed by atoms with Crippen LogP contribution in [0.15, 0.2) is 42.7 Å². The van der Waals surface area contributed by atoms with Crippen LogP contribution in [0.5, 0.6) is 0 Å². The monoisotopic (exact) mass is 385 g/mol. The molecular formula is C20H26FN6O+. The summed E-state index contributed by atoms with van der Waals surface area (Å²) in [5.74, 6) is 0.747. The van der Waals surface area contributed by atoms with E-state index in [9.17, 15) is 9.18 Å². The number of amides is 1. The molecule has 7 nitrogen and oxygen atoms in total. The molecule has 2 aromatic rings. The molecule has 8 heteroatoms. The Hall–Kier alpha value is -2.74. The molecule has 0 atom stereocenters. The Bertz CT molecular complexity index is 788. The Morgan fingerprint density at radius 3 is 2.29 bits per heavy atom. The Kier molecular flexibility index (Phi) is 5.66. The van der Waals surface area contributed by atoms with Crippen molar-refractivity contribution in [3.8, 4) is 0 Å². The summed E-state index contributed by atoms with van der Waals surface area (Å²) < 4.78 is 14.0. The maximum Gasteiger partial charge on any atom is 0.277 e. The largest absolute Gasteiger partial charge is 0.366 e. The molecule has 0 unspecified atom stereocenters. The van der Waals surface area contributed by atoms with Crippen molar-refractivity contribution in [2.24, 2.45) is 0 Å². The number of hydrogen-bond acceptors (Lipinski definition) is 5. The van der Waals surface area contributed by atoms with E-state index in [1.807, 2.05) is 21.9 Å². The van der Waals surface area contributed by atoms with Crippen LogP contribution < -0.4 is 14.7 Å². The number of carbonyl (C=O) groups excluding carboxylic acids is 1. The van der Waals surface area contributed by atoms with E-state index >= 15 is 0 Å². The Morgan fingerprint density at radius 2 is 1.61 bits per heavy atom. The van der Waals surface area contributed by atoms with Gasteiger partial charge in [-0.15, -0.1) is 0 Å². The number of piperazine rings is 2. The molecule has 0 radical (unpaired) electrons. The van der Waals surface area contributed by atoms with Crippen molar-refractivity contribution in [3.63, 3.8) is 0 Å². The van der Waals surface area contributed by atoms with Gasteiger partial charge in [0.2, 0.25) is 5.95 Å². The van der Waals surface area contributed by atoms with Crippen LogP contribution >= 0.6 is 0 Å². The summed E-state index contributed by atoms with van der Waals surface area (Å²) in [7, 11) is 0. The highest BCUT2D eigenvalue weighted by Crippen LogP contribution is 2.20. The molecule has 2 fully saturated rings. The number of hydrogen-bond donors (Lipinski definition) is 1. The number of benzene rings is 1. The Morgan fingerprint density at radius 1 is 0.929 bits per heavy atom. The predicted molar refractivity (Wildman–Crippen MR) is 105 cm³/mol. The molecule has 2 aliphatic heterocycles. The summed E-state index contributed by atoms with van der Waals surface area (Å²) in [4.78, 5) is 28.7. The summed E-state index contributed by atoms with van der Waals surface area (Å²) in [5, 5.41) is 0. The first-order valence-corrected chi connectivity index (χ1v) is 9.83. The Labute approximate surface area is 164 Å². The van der Waals surface area contributed by atoms with Gasteiger partial charge >= 0.3 is 0 Å². The lowest BCUT2D eigenvalue weighted by Crippen LogP contribution is -3.16. The van der Waals surface area contributed by atoms with Gasteiger partial charge in [-0.05, 0) is 18.2 Å². The third-order valence-electron chi connectivity index (χ3n) is 5.53. The predicted octanol–water partition coefficient (Wildman–Crippen LogP) is -0.331. The van der Waals surface area contributed by atoms with Crippen molar-refractivity contribution < 1.29 is 14.1 Å². The quantitative estimate of drug-likeness (QED) is 0.781. The number of halogens is 1. The third kappa shape index (κ3) is 4.22. The topological polar surface area (TPSA) is 57.0 Å². The van der Waals surface area contributed by atoms with E-state index in [2.05, 4.69) is 14.9 Å². The van der Waals surface area contributed by atoms with Gasteiger partial charge in [-0.3, -0.25) is 4.79 Å². The summed E-state index contributed by atoms with van der Waals surface area (Å²) in [6.07, 6.45) is 3.51. The van der Waals surface area contributed by atoms with Crippen molar-refractivity contribution in [2.45, 2.75) is 0 Å². The number of carbonyl (C=O) groups is 1. The number of rotatable bonds is 4. The molecule has 4 rings (SSSR count). The number of aromatic nitrogens is 2. The van der Waals surface area contributed by atoms with E-state index in [1.54, 1.807) is 24.5 Å². The van der Waals surface area contributed by atoms with Crippen LogP contribution in [-0.2, 0) is 4.79 Å². The fraction of sp³-hybridized carbons (Fsp3) is 0.450. The molecule has 28 heavy (non-hydrogen) atoms. The van der Waals surface area contributed by atoms with Gasteiger partial charge in [0.1, 0.15) is 5.82 Å². The number of nitrogens with zero attached hydrogens (tertiary/aromatic N) is 5. The van der Waals surface area contributed by atoms with Gasteiger partial charge in [-0.1, -0.05) is 12.1 Å². The second kappa shape index (κ2) is 8.52. The SMILES string of the molecule is O=C(C[NH+]1CCN(c2ncccn2)CC1)N1CCN(c2ccccc2F)CC1. The van der Waals surface area contributed by atoms with Gasteiger partial charge in [0, 0.05) is 38.6 Å². The van der Waals surface area contributed by atoms with Crippen LogP contribution in [-0.4, -0.2) is 79.7 Å². The highest BCUT2D eigenvalue weighted by atomic mass is 19.1. The number of quaternary nitrogens is 1. The van der Waals surface area contributed by atoms with Gasteiger partial charge in [0.15, 0.2) is 6.54 Å². The molecule has 0 aliphatic carbocycles. The zero-order valence-electron chi connectivity index (χ0n) is 15.9. The highest BCUT2D eigenvalue weighted by Gasteiger charge is 2.28. The van der Waals surface area contributed by atoms with Crippen LogP contribution in [0.1, 0.15) is 0 Å². The minimum absolute atomic E-state index is 0.188. The summed E-state index contributed by atoms with van der Waals surface area (Å²) in [6, 6.07) is 8.64. The molecule has 1 amide bonds. The number of para-hydroxylation sites is 1. The van der Waals surface area contributed by atoms with E-state index in [4.69, 9.17) is 0 Å². The molecule has 0 bridgehead atoms. The lowest BCUT2D eigenvalue weighted by Gasteiger charge is -2.37. The lowest BCUT2D eigenvalue weighted by molar-refractivity contribution is -0.892.